The van der Waals surface area contributed by atoms with Gasteiger partial charge in [-0.05, 0) is 31.6 Å². The lowest BCUT2D eigenvalue weighted by molar-refractivity contribution is -0.149. The summed E-state index contributed by atoms with van der Waals surface area (Å²) in [7, 11) is 0. The first-order valence-corrected chi connectivity index (χ1v) is 7.11. The summed E-state index contributed by atoms with van der Waals surface area (Å²) in [6, 6.07) is 0. The monoisotopic (exact) mass is 253 g/mol. The summed E-state index contributed by atoms with van der Waals surface area (Å²) in [6.45, 7) is 3.68. The van der Waals surface area contributed by atoms with Gasteiger partial charge in [-0.25, -0.2) is 0 Å². The van der Waals surface area contributed by atoms with Crippen molar-refractivity contribution in [3.05, 3.63) is 0 Å². The summed E-state index contributed by atoms with van der Waals surface area (Å²) >= 11 is 0. The zero-order valence-electron chi connectivity index (χ0n) is 11.1. The minimum atomic E-state index is -0.799. The van der Waals surface area contributed by atoms with Crippen molar-refractivity contribution >= 4 is 11.9 Å². The first kappa shape index (κ1) is 13.4. The van der Waals surface area contributed by atoms with Gasteiger partial charge in [-0.1, -0.05) is 19.8 Å². The van der Waals surface area contributed by atoms with Crippen molar-refractivity contribution in [1.29, 1.82) is 0 Å². The van der Waals surface area contributed by atoms with Crippen molar-refractivity contribution in [2.45, 2.75) is 45.4 Å². The average molecular weight is 253 g/mol. The smallest absolute Gasteiger partial charge is 0.307 e. The lowest BCUT2D eigenvalue weighted by atomic mass is 9.94. The fraction of sp³-hybridized carbons (Fsp3) is 0.857. The van der Waals surface area contributed by atoms with Crippen LogP contribution in [-0.2, 0) is 9.59 Å². The second-order valence-corrected chi connectivity index (χ2v) is 5.87. The Morgan fingerprint density at radius 2 is 1.56 bits per heavy atom. The minimum Gasteiger partial charge on any atom is -0.481 e. The van der Waals surface area contributed by atoms with E-state index >= 15 is 0 Å². The van der Waals surface area contributed by atoms with E-state index in [9.17, 15) is 14.7 Å². The predicted octanol–water partition coefficient (Wildman–Crippen LogP) is 2.14. The molecule has 0 aromatic carbocycles. The van der Waals surface area contributed by atoms with Crippen LogP contribution in [0.5, 0.6) is 0 Å². The molecule has 2 aliphatic rings. The van der Waals surface area contributed by atoms with E-state index in [4.69, 9.17) is 0 Å². The van der Waals surface area contributed by atoms with Gasteiger partial charge < -0.3 is 10.0 Å². The summed E-state index contributed by atoms with van der Waals surface area (Å²) in [5.41, 5.74) is 0. The summed E-state index contributed by atoms with van der Waals surface area (Å²) in [4.78, 5) is 25.6. The van der Waals surface area contributed by atoms with Crippen molar-refractivity contribution in [2.75, 3.05) is 13.1 Å². The largest absolute Gasteiger partial charge is 0.481 e. The third-order valence-corrected chi connectivity index (χ3v) is 4.35. The molecule has 4 nitrogen and oxygen atoms in total. The van der Waals surface area contributed by atoms with Gasteiger partial charge in [0.1, 0.15) is 0 Å². The van der Waals surface area contributed by atoms with Gasteiger partial charge in [-0.2, -0.15) is 0 Å². The lowest BCUT2D eigenvalue weighted by Crippen LogP contribution is -2.39. The van der Waals surface area contributed by atoms with Crippen LogP contribution in [0.25, 0.3) is 0 Å². The van der Waals surface area contributed by atoms with Crippen LogP contribution in [-0.4, -0.2) is 35.0 Å². The van der Waals surface area contributed by atoms with E-state index in [1.807, 2.05) is 11.8 Å². The standard InChI is InChI=1S/C14H23NO3/c1-10-8-11(12(9-10)14(17)18)13(16)15-6-4-2-3-5-7-15/h10-12H,2-9H2,1H3,(H,17,18). The maximum absolute atomic E-state index is 12.5. The molecular weight excluding hydrogens is 230 g/mol. The van der Waals surface area contributed by atoms with Crippen LogP contribution in [0.3, 0.4) is 0 Å². The van der Waals surface area contributed by atoms with E-state index in [1.165, 1.54) is 12.8 Å². The van der Waals surface area contributed by atoms with Gasteiger partial charge in [0.05, 0.1) is 11.8 Å². The first-order valence-electron chi connectivity index (χ1n) is 7.11. The Morgan fingerprint density at radius 3 is 2.11 bits per heavy atom. The summed E-state index contributed by atoms with van der Waals surface area (Å²) in [5, 5.41) is 9.23. The highest BCUT2D eigenvalue weighted by atomic mass is 16.4. The highest BCUT2D eigenvalue weighted by Gasteiger charge is 2.42. The number of hydrogen-bond donors (Lipinski definition) is 1. The number of carboxylic acid groups (broad SMARTS) is 1. The minimum absolute atomic E-state index is 0.0913. The molecule has 1 saturated carbocycles. The Kier molecular flexibility index (Phi) is 4.25. The van der Waals surface area contributed by atoms with Crippen LogP contribution in [0, 0.1) is 17.8 Å². The summed E-state index contributed by atoms with van der Waals surface area (Å²) in [6.07, 6.45) is 5.89. The van der Waals surface area contributed by atoms with Crippen molar-refractivity contribution in [2.24, 2.45) is 17.8 Å². The zero-order chi connectivity index (χ0) is 13.1. The lowest BCUT2D eigenvalue weighted by Gasteiger charge is -2.25. The molecule has 18 heavy (non-hydrogen) atoms. The molecule has 2 rings (SSSR count). The number of likely N-dealkylation sites (tertiary alicyclic amines) is 1. The van der Waals surface area contributed by atoms with E-state index < -0.39 is 11.9 Å². The van der Waals surface area contributed by atoms with Crippen molar-refractivity contribution in [3.8, 4) is 0 Å². The van der Waals surface area contributed by atoms with Crippen LogP contribution in [0.1, 0.15) is 45.4 Å². The molecule has 1 amide bonds. The second kappa shape index (κ2) is 5.72. The molecule has 0 aromatic heterocycles. The molecule has 0 bridgehead atoms. The number of rotatable bonds is 2. The molecule has 1 saturated heterocycles. The van der Waals surface area contributed by atoms with Crippen LogP contribution in [0.15, 0.2) is 0 Å². The third kappa shape index (κ3) is 2.85. The number of amides is 1. The topological polar surface area (TPSA) is 57.6 Å². The molecule has 1 heterocycles. The van der Waals surface area contributed by atoms with Crippen LogP contribution < -0.4 is 0 Å². The first-order chi connectivity index (χ1) is 8.59. The predicted molar refractivity (Wildman–Crippen MR) is 68.1 cm³/mol. The van der Waals surface area contributed by atoms with Crippen molar-refractivity contribution in [3.63, 3.8) is 0 Å². The molecule has 3 unspecified atom stereocenters. The number of carboxylic acids is 1. The van der Waals surface area contributed by atoms with Gasteiger partial charge in [-0.3, -0.25) is 9.59 Å². The SMILES string of the molecule is CC1CC(C(=O)O)C(C(=O)N2CCCCCC2)C1. The van der Waals surface area contributed by atoms with E-state index in [2.05, 4.69) is 0 Å². The van der Waals surface area contributed by atoms with Crippen molar-refractivity contribution in [1.82, 2.24) is 4.90 Å². The number of nitrogens with zero attached hydrogens (tertiary/aromatic N) is 1. The summed E-state index contributed by atoms with van der Waals surface area (Å²) in [5.74, 6) is -1.10. The molecule has 1 aliphatic heterocycles. The normalized spacial score (nSPS) is 33.2. The molecule has 0 radical (unpaired) electrons. The van der Waals surface area contributed by atoms with Gasteiger partial charge in [0, 0.05) is 13.1 Å². The summed E-state index contributed by atoms with van der Waals surface area (Å²) < 4.78 is 0. The highest BCUT2D eigenvalue weighted by molar-refractivity contribution is 5.85. The molecule has 1 aliphatic carbocycles. The van der Waals surface area contributed by atoms with Gasteiger partial charge in [0.25, 0.3) is 0 Å². The number of carbonyl (C=O) groups excluding carboxylic acids is 1. The number of aliphatic carboxylic acids is 1. The van der Waals surface area contributed by atoms with Crippen LogP contribution >= 0.6 is 0 Å². The highest BCUT2D eigenvalue weighted by Crippen LogP contribution is 2.37. The number of carbonyl (C=O) groups is 2. The van der Waals surface area contributed by atoms with Gasteiger partial charge in [0.15, 0.2) is 0 Å². The second-order valence-electron chi connectivity index (χ2n) is 5.87. The Labute approximate surface area is 108 Å². The molecule has 3 atom stereocenters. The van der Waals surface area contributed by atoms with Gasteiger partial charge in [-0.15, -0.1) is 0 Å². The van der Waals surface area contributed by atoms with Crippen LogP contribution in [0.4, 0.5) is 0 Å². The molecule has 102 valence electrons. The van der Waals surface area contributed by atoms with Crippen LogP contribution in [0.2, 0.25) is 0 Å². The maximum atomic E-state index is 12.5. The molecule has 0 spiro atoms. The zero-order valence-corrected chi connectivity index (χ0v) is 11.1. The number of hydrogen-bond acceptors (Lipinski definition) is 2. The van der Waals surface area contributed by atoms with E-state index in [0.29, 0.717) is 12.3 Å². The molecule has 1 N–H and O–H groups in total. The van der Waals surface area contributed by atoms with E-state index in [0.717, 1.165) is 32.4 Å². The van der Waals surface area contributed by atoms with Gasteiger partial charge >= 0.3 is 5.97 Å². The molecule has 4 heteroatoms. The quantitative estimate of drug-likeness (QED) is 0.820. The molecule has 2 fully saturated rings. The fourth-order valence-electron chi connectivity index (χ4n) is 3.36. The fourth-order valence-corrected chi connectivity index (χ4v) is 3.36. The Bertz CT molecular complexity index is 321. The van der Waals surface area contributed by atoms with E-state index in [-0.39, 0.29) is 11.8 Å². The molecular formula is C14H23NO3. The Hall–Kier alpha value is -1.06. The maximum Gasteiger partial charge on any atom is 0.307 e. The van der Waals surface area contributed by atoms with Gasteiger partial charge in [0.2, 0.25) is 5.91 Å². The van der Waals surface area contributed by atoms with Crippen molar-refractivity contribution < 1.29 is 14.7 Å². The average Bonchev–Trinajstić information content (AvgIpc) is 2.56. The Balaban J connectivity index is 2.04. The third-order valence-electron chi connectivity index (χ3n) is 4.35. The van der Waals surface area contributed by atoms with E-state index in [1.54, 1.807) is 0 Å². The molecule has 0 aromatic rings. The Morgan fingerprint density at radius 1 is 1.00 bits per heavy atom.